The molecule has 0 saturated heterocycles. The Bertz CT molecular complexity index is 957. The number of hydrogen-bond donors (Lipinski definition) is 1. The van der Waals surface area contributed by atoms with Gasteiger partial charge in [-0.05, 0) is 37.7 Å². The van der Waals surface area contributed by atoms with E-state index in [9.17, 15) is 14.4 Å². The molecule has 4 rings (SSSR count). The monoisotopic (exact) mass is 405 g/mol. The van der Waals surface area contributed by atoms with Gasteiger partial charge in [-0.25, -0.2) is 4.98 Å². The van der Waals surface area contributed by atoms with E-state index in [-0.39, 0.29) is 29.0 Å². The highest BCUT2D eigenvalue weighted by Gasteiger charge is 2.24. The number of amides is 2. The van der Waals surface area contributed by atoms with Crippen LogP contribution in [-0.4, -0.2) is 27.1 Å². The zero-order chi connectivity index (χ0) is 19.0. The molecule has 2 aromatic rings. The lowest BCUT2D eigenvalue weighted by Gasteiger charge is -2.20. The van der Waals surface area contributed by atoms with Gasteiger partial charge < -0.3 is 0 Å². The van der Waals surface area contributed by atoms with Gasteiger partial charge in [-0.1, -0.05) is 31.0 Å². The van der Waals surface area contributed by atoms with Gasteiger partial charge in [0.25, 0.3) is 5.56 Å². The molecule has 0 aromatic carbocycles. The minimum Gasteiger partial charge on any atom is -0.295 e. The van der Waals surface area contributed by atoms with Crippen molar-refractivity contribution in [1.29, 1.82) is 0 Å². The van der Waals surface area contributed by atoms with Crippen molar-refractivity contribution in [3.63, 3.8) is 0 Å². The average molecular weight is 406 g/mol. The number of nitrogens with one attached hydrogen (secondary N) is 1. The zero-order valence-corrected chi connectivity index (χ0v) is 17.0. The summed E-state index contributed by atoms with van der Waals surface area (Å²) in [5, 5.41) is 3.78. The number of rotatable bonds is 4. The van der Waals surface area contributed by atoms with Gasteiger partial charge in [0.2, 0.25) is 11.8 Å². The Morgan fingerprint density at radius 1 is 1.22 bits per heavy atom. The molecule has 8 heteroatoms. The first-order valence-corrected chi connectivity index (χ1v) is 11.3. The van der Waals surface area contributed by atoms with E-state index in [4.69, 9.17) is 0 Å². The minimum atomic E-state index is -0.321. The molecule has 1 fully saturated rings. The van der Waals surface area contributed by atoms with E-state index in [1.807, 2.05) is 0 Å². The van der Waals surface area contributed by atoms with Crippen LogP contribution in [0.4, 0.5) is 0 Å². The maximum atomic E-state index is 12.8. The van der Waals surface area contributed by atoms with Crippen molar-refractivity contribution in [2.24, 2.45) is 13.0 Å². The van der Waals surface area contributed by atoms with Gasteiger partial charge in [-0.3, -0.25) is 24.3 Å². The molecule has 0 radical (unpaired) electrons. The second-order valence-electron chi connectivity index (χ2n) is 7.33. The van der Waals surface area contributed by atoms with E-state index >= 15 is 0 Å². The summed E-state index contributed by atoms with van der Waals surface area (Å²) in [7, 11) is 1.70. The number of imide groups is 1. The van der Waals surface area contributed by atoms with Gasteiger partial charge in [0.15, 0.2) is 5.16 Å². The predicted molar refractivity (Wildman–Crippen MR) is 107 cm³/mol. The molecule has 0 atom stereocenters. The third kappa shape index (κ3) is 3.69. The SMILES string of the molecule is Cn1c(SCC(=O)NC(=O)C2CCCCC2)nc2sc3c(c2c1=O)CCC3. The Labute approximate surface area is 165 Å². The van der Waals surface area contributed by atoms with Crippen LogP contribution in [0.5, 0.6) is 0 Å². The predicted octanol–water partition coefficient (Wildman–Crippen LogP) is 2.80. The first kappa shape index (κ1) is 18.7. The highest BCUT2D eigenvalue weighted by atomic mass is 32.2. The Hall–Kier alpha value is -1.67. The lowest BCUT2D eigenvalue weighted by atomic mass is 9.89. The van der Waals surface area contributed by atoms with Gasteiger partial charge in [0, 0.05) is 17.8 Å². The quantitative estimate of drug-likeness (QED) is 0.625. The van der Waals surface area contributed by atoms with Crippen molar-refractivity contribution < 1.29 is 9.59 Å². The number of nitrogens with zero attached hydrogens (tertiary/aromatic N) is 2. The van der Waals surface area contributed by atoms with Crippen LogP contribution >= 0.6 is 23.1 Å². The summed E-state index contributed by atoms with van der Waals surface area (Å²) in [6.07, 6.45) is 8.08. The summed E-state index contributed by atoms with van der Waals surface area (Å²) in [6.45, 7) is 0. The first-order valence-electron chi connectivity index (χ1n) is 9.52. The number of aromatic nitrogens is 2. The number of thiophene rings is 1. The third-order valence-electron chi connectivity index (χ3n) is 5.48. The van der Waals surface area contributed by atoms with E-state index in [1.54, 1.807) is 18.4 Å². The Morgan fingerprint density at radius 3 is 2.78 bits per heavy atom. The molecular weight excluding hydrogens is 382 g/mol. The fraction of sp³-hybridized carbons (Fsp3) is 0.579. The van der Waals surface area contributed by atoms with Gasteiger partial charge in [0.1, 0.15) is 4.83 Å². The summed E-state index contributed by atoms with van der Waals surface area (Å²) >= 11 is 2.80. The van der Waals surface area contributed by atoms with Crippen molar-refractivity contribution in [2.75, 3.05) is 5.75 Å². The largest absolute Gasteiger partial charge is 0.295 e. The number of carbonyl (C=O) groups excluding carboxylic acids is 2. The second-order valence-corrected chi connectivity index (χ2v) is 9.36. The van der Waals surface area contributed by atoms with E-state index in [1.165, 1.54) is 27.6 Å². The molecule has 0 spiro atoms. The lowest BCUT2D eigenvalue weighted by Crippen LogP contribution is -2.37. The van der Waals surface area contributed by atoms with Crippen LogP contribution in [0.25, 0.3) is 10.2 Å². The molecule has 144 valence electrons. The van der Waals surface area contributed by atoms with Crippen LogP contribution in [0.15, 0.2) is 9.95 Å². The molecule has 1 N–H and O–H groups in total. The van der Waals surface area contributed by atoms with E-state index in [0.29, 0.717) is 5.16 Å². The Balaban J connectivity index is 1.44. The van der Waals surface area contributed by atoms with Crippen LogP contribution in [0.1, 0.15) is 49.0 Å². The van der Waals surface area contributed by atoms with E-state index in [2.05, 4.69) is 10.3 Å². The molecule has 6 nitrogen and oxygen atoms in total. The lowest BCUT2D eigenvalue weighted by molar-refractivity contribution is -0.132. The summed E-state index contributed by atoms with van der Waals surface area (Å²) < 4.78 is 1.52. The molecule has 27 heavy (non-hydrogen) atoms. The smallest absolute Gasteiger partial charge is 0.262 e. The summed E-state index contributed by atoms with van der Waals surface area (Å²) in [5.74, 6) is -0.444. The third-order valence-corrected chi connectivity index (χ3v) is 7.69. The van der Waals surface area contributed by atoms with Gasteiger partial charge in [-0.2, -0.15) is 0 Å². The van der Waals surface area contributed by atoms with Crippen molar-refractivity contribution >= 4 is 45.1 Å². The van der Waals surface area contributed by atoms with Crippen molar-refractivity contribution in [2.45, 2.75) is 56.5 Å². The van der Waals surface area contributed by atoms with E-state index in [0.717, 1.165) is 60.7 Å². The molecular formula is C19H23N3O3S2. The molecule has 2 aliphatic rings. The molecule has 2 heterocycles. The maximum Gasteiger partial charge on any atom is 0.262 e. The first-order chi connectivity index (χ1) is 13.0. The van der Waals surface area contributed by atoms with Crippen molar-refractivity contribution in [3.05, 3.63) is 20.8 Å². The van der Waals surface area contributed by atoms with Gasteiger partial charge in [-0.15, -0.1) is 11.3 Å². The fourth-order valence-corrected chi connectivity index (χ4v) is 6.08. The highest BCUT2D eigenvalue weighted by molar-refractivity contribution is 7.99. The number of carbonyl (C=O) groups is 2. The molecule has 2 aliphatic carbocycles. The minimum absolute atomic E-state index is 0.0411. The summed E-state index contributed by atoms with van der Waals surface area (Å²) in [6, 6.07) is 0. The molecule has 0 aliphatic heterocycles. The molecule has 1 saturated carbocycles. The van der Waals surface area contributed by atoms with Gasteiger partial charge in [0.05, 0.1) is 11.1 Å². The fourth-order valence-electron chi connectivity index (χ4n) is 4.01. The molecule has 2 amide bonds. The second kappa shape index (κ2) is 7.75. The number of aryl methyl sites for hydroxylation is 2. The molecule has 2 aromatic heterocycles. The van der Waals surface area contributed by atoms with Gasteiger partial charge >= 0.3 is 0 Å². The topological polar surface area (TPSA) is 81.1 Å². The Kier molecular flexibility index (Phi) is 5.36. The zero-order valence-electron chi connectivity index (χ0n) is 15.4. The maximum absolute atomic E-state index is 12.8. The molecule has 0 unspecified atom stereocenters. The normalized spacial score (nSPS) is 17.2. The highest BCUT2D eigenvalue weighted by Crippen LogP contribution is 2.35. The number of fused-ring (bicyclic) bond motifs is 3. The molecule has 0 bridgehead atoms. The van der Waals surface area contributed by atoms with Crippen LogP contribution in [-0.2, 0) is 29.5 Å². The average Bonchev–Trinajstić information content (AvgIpc) is 3.25. The van der Waals surface area contributed by atoms with Crippen LogP contribution in [0.2, 0.25) is 0 Å². The van der Waals surface area contributed by atoms with E-state index < -0.39 is 0 Å². The Morgan fingerprint density at radius 2 is 2.00 bits per heavy atom. The standard InChI is InChI=1S/C19H23N3O3S2/c1-22-18(25)15-12-8-5-9-13(12)27-17(15)21-19(22)26-10-14(23)20-16(24)11-6-3-2-4-7-11/h11H,2-10H2,1H3,(H,20,23,24). The summed E-state index contributed by atoms with van der Waals surface area (Å²) in [5.41, 5.74) is 1.12. The van der Waals surface area contributed by atoms with Crippen LogP contribution in [0.3, 0.4) is 0 Å². The number of hydrogen-bond acceptors (Lipinski definition) is 6. The van der Waals surface area contributed by atoms with Crippen molar-refractivity contribution in [1.82, 2.24) is 14.9 Å². The van der Waals surface area contributed by atoms with Crippen LogP contribution < -0.4 is 10.9 Å². The number of thioether (sulfide) groups is 1. The van der Waals surface area contributed by atoms with Crippen LogP contribution in [0, 0.1) is 5.92 Å². The summed E-state index contributed by atoms with van der Waals surface area (Å²) in [4.78, 5) is 43.8. The van der Waals surface area contributed by atoms with Crippen molar-refractivity contribution in [3.8, 4) is 0 Å².